The minimum Gasteiger partial charge on any atom is -0.497 e. The van der Waals surface area contributed by atoms with Crippen molar-refractivity contribution in [3.8, 4) is 11.5 Å². The highest BCUT2D eigenvalue weighted by Gasteiger charge is 2.08. The Labute approximate surface area is 170 Å². The van der Waals surface area contributed by atoms with Crippen molar-refractivity contribution < 1.29 is 14.3 Å². The van der Waals surface area contributed by atoms with Crippen LogP contribution in [0.25, 0.3) is 0 Å². The van der Waals surface area contributed by atoms with Gasteiger partial charge in [-0.2, -0.15) is 0 Å². The third kappa shape index (κ3) is 6.24. The molecule has 0 spiro atoms. The van der Waals surface area contributed by atoms with E-state index in [4.69, 9.17) is 9.47 Å². The molecule has 0 atom stereocenters. The normalized spacial score (nSPS) is 10.3. The van der Waals surface area contributed by atoms with Crippen molar-refractivity contribution >= 4 is 11.6 Å². The third-order valence-electron chi connectivity index (χ3n) is 4.33. The Hall–Kier alpha value is -3.54. The van der Waals surface area contributed by atoms with Gasteiger partial charge < -0.3 is 20.1 Å². The van der Waals surface area contributed by atoms with Crippen molar-refractivity contribution in [1.29, 1.82) is 0 Å². The van der Waals surface area contributed by atoms with Crippen molar-refractivity contribution in [3.05, 3.63) is 83.7 Å². The lowest BCUT2D eigenvalue weighted by Gasteiger charge is -2.10. The number of nitrogens with zero attached hydrogens (tertiary/aromatic N) is 1. The van der Waals surface area contributed by atoms with Crippen LogP contribution in [-0.4, -0.2) is 31.2 Å². The van der Waals surface area contributed by atoms with Gasteiger partial charge in [0.2, 0.25) is 0 Å². The monoisotopic (exact) mass is 391 g/mol. The minimum atomic E-state index is -0.205. The molecule has 0 fully saturated rings. The standard InChI is InChI=1S/C23H25N3O3/c1-17-3-5-18(6-4-17)16-26-23(27)22-15-19(11-12-25-22)24-13-14-29-21-9-7-20(28-2)8-10-21/h3-12,15H,13-14,16H2,1-2H3,(H,24,25)(H,26,27). The number of benzene rings is 2. The van der Waals surface area contributed by atoms with Gasteiger partial charge in [-0.05, 0) is 48.9 Å². The molecule has 2 aromatic carbocycles. The van der Waals surface area contributed by atoms with Crippen molar-refractivity contribution in [2.24, 2.45) is 0 Å². The van der Waals surface area contributed by atoms with Crippen LogP contribution < -0.4 is 20.1 Å². The lowest BCUT2D eigenvalue weighted by atomic mass is 10.1. The van der Waals surface area contributed by atoms with E-state index in [-0.39, 0.29) is 5.91 Å². The fourth-order valence-electron chi connectivity index (χ4n) is 2.68. The zero-order chi connectivity index (χ0) is 20.5. The maximum absolute atomic E-state index is 12.4. The van der Waals surface area contributed by atoms with Crippen molar-refractivity contribution in [2.45, 2.75) is 13.5 Å². The van der Waals surface area contributed by atoms with Gasteiger partial charge in [-0.25, -0.2) is 0 Å². The summed E-state index contributed by atoms with van der Waals surface area (Å²) in [6.45, 7) is 3.59. The molecule has 6 nitrogen and oxygen atoms in total. The number of hydrogen-bond acceptors (Lipinski definition) is 5. The molecule has 0 unspecified atom stereocenters. The average Bonchev–Trinajstić information content (AvgIpc) is 2.77. The molecule has 3 rings (SSSR count). The molecule has 6 heteroatoms. The lowest BCUT2D eigenvalue weighted by molar-refractivity contribution is 0.0946. The molecule has 1 aromatic heterocycles. The zero-order valence-corrected chi connectivity index (χ0v) is 16.6. The van der Waals surface area contributed by atoms with Gasteiger partial charge in [-0.3, -0.25) is 9.78 Å². The largest absolute Gasteiger partial charge is 0.497 e. The van der Waals surface area contributed by atoms with E-state index in [2.05, 4.69) is 15.6 Å². The smallest absolute Gasteiger partial charge is 0.270 e. The van der Waals surface area contributed by atoms with E-state index in [9.17, 15) is 4.79 Å². The Bertz CT molecular complexity index is 925. The van der Waals surface area contributed by atoms with Gasteiger partial charge in [0, 0.05) is 25.0 Å². The summed E-state index contributed by atoms with van der Waals surface area (Å²) in [7, 11) is 1.63. The van der Waals surface area contributed by atoms with Gasteiger partial charge in [0.25, 0.3) is 5.91 Å². The Morgan fingerprint density at radius 1 is 1.00 bits per heavy atom. The Kier molecular flexibility index (Phi) is 7.05. The second-order valence-electron chi connectivity index (χ2n) is 6.55. The first-order valence-electron chi connectivity index (χ1n) is 9.44. The first kappa shape index (κ1) is 20.2. The van der Waals surface area contributed by atoms with Crippen LogP contribution in [0.4, 0.5) is 5.69 Å². The highest BCUT2D eigenvalue weighted by Crippen LogP contribution is 2.17. The van der Waals surface area contributed by atoms with E-state index in [1.807, 2.05) is 61.5 Å². The maximum atomic E-state index is 12.4. The molecule has 150 valence electrons. The number of amides is 1. The molecule has 29 heavy (non-hydrogen) atoms. The first-order chi connectivity index (χ1) is 14.1. The Morgan fingerprint density at radius 3 is 2.45 bits per heavy atom. The van der Waals surface area contributed by atoms with Crippen molar-refractivity contribution in [2.75, 3.05) is 25.6 Å². The lowest BCUT2D eigenvalue weighted by Crippen LogP contribution is -2.24. The van der Waals surface area contributed by atoms with E-state index in [1.54, 1.807) is 19.4 Å². The summed E-state index contributed by atoms with van der Waals surface area (Å²) in [5.74, 6) is 1.36. The van der Waals surface area contributed by atoms with E-state index in [0.717, 1.165) is 22.7 Å². The van der Waals surface area contributed by atoms with Gasteiger partial charge >= 0.3 is 0 Å². The van der Waals surface area contributed by atoms with Crippen LogP contribution in [0.2, 0.25) is 0 Å². The van der Waals surface area contributed by atoms with Gasteiger partial charge in [0.1, 0.15) is 23.8 Å². The van der Waals surface area contributed by atoms with Crippen LogP contribution >= 0.6 is 0 Å². The number of nitrogens with one attached hydrogen (secondary N) is 2. The van der Waals surface area contributed by atoms with Gasteiger partial charge in [0.15, 0.2) is 0 Å². The predicted molar refractivity (Wildman–Crippen MR) is 114 cm³/mol. The molecule has 0 bridgehead atoms. The average molecular weight is 391 g/mol. The highest BCUT2D eigenvalue weighted by atomic mass is 16.5. The Morgan fingerprint density at radius 2 is 1.72 bits per heavy atom. The fourth-order valence-corrected chi connectivity index (χ4v) is 2.68. The summed E-state index contributed by atoms with van der Waals surface area (Å²) in [5.41, 5.74) is 3.43. The zero-order valence-electron chi connectivity index (χ0n) is 16.6. The van der Waals surface area contributed by atoms with Gasteiger partial charge in [-0.15, -0.1) is 0 Å². The number of anilines is 1. The molecule has 0 radical (unpaired) electrons. The first-order valence-corrected chi connectivity index (χ1v) is 9.44. The molecule has 3 aromatic rings. The SMILES string of the molecule is COc1ccc(OCCNc2ccnc(C(=O)NCc3ccc(C)cc3)c2)cc1. The summed E-state index contributed by atoms with van der Waals surface area (Å²) >= 11 is 0. The van der Waals surface area contributed by atoms with Crippen molar-refractivity contribution in [3.63, 3.8) is 0 Å². The molecular formula is C23H25N3O3. The summed E-state index contributed by atoms with van der Waals surface area (Å²) < 4.78 is 10.8. The van der Waals surface area contributed by atoms with Crippen LogP contribution in [0.15, 0.2) is 66.9 Å². The second-order valence-corrected chi connectivity index (χ2v) is 6.55. The van der Waals surface area contributed by atoms with E-state index in [0.29, 0.717) is 25.4 Å². The molecule has 1 amide bonds. The van der Waals surface area contributed by atoms with E-state index in [1.165, 1.54) is 5.56 Å². The summed E-state index contributed by atoms with van der Waals surface area (Å²) in [5, 5.41) is 6.14. The molecule has 1 heterocycles. The molecule has 0 saturated carbocycles. The van der Waals surface area contributed by atoms with Crippen LogP contribution in [0, 0.1) is 6.92 Å². The summed E-state index contributed by atoms with van der Waals surface area (Å²) in [6.07, 6.45) is 1.62. The number of rotatable bonds is 9. The molecule has 0 aliphatic heterocycles. The number of carbonyl (C=O) groups is 1. The molecular weight excluding hydrogens is 366 g/mol. The van der Waals surface area contributed by atoms with E-state index < -0.39 is 0 Å². The van der Waals surface area contributed by atoms with Crippen molar-refractivity contribution in [1.82, 2.24) is 10.3 Å². The van der Waals surface area contributed by atoms with Crippen LogP contribution in [0.3, 0.4) is 0 Å². The third-order valence-corrected chi connectivity index (χ3v) is 4.33. The summed E-state index contributed by atoms with van der Waals surface area (Å²) in [4.78, 5) is 16.5. The highest BCUT2D eigenvalue weighted by molar-refractivity contribution is 5.93. The van der Waals surface area contributed by atoms with Crippen LogP contribution in [-0.2, 0) is 6.54 Å². The number of aromatic nitrogens is 1. The quantitative estimate of drug-likeness (QED) is 0.543. The number of methoxy groups -OCH3 is 1. The number of ether oxygens (including phenoxy) is 2. The molecule has 0 saturated heterocycles. The number of hydrogen-bond donors (Lipinski definition) is 2. The van der Waals surface area contributed by atoms with Gasteiger partial charge in [-0.1, -0.05) is 29.8 Å². The predicted octanol–water partition coefficient (Wildman–Crippen LogP) is 3.82. The Balaban J connectivity index is 1.45. The minimum absolute atomic E-state index is 0.205. The maximum Gasteiger partial charge on any atom is 0.270 e. The molecule has 0 aliphatic rings. The fraction of sp³-hybridized carbons (Fsp3) is 0.217. The number of aryl methyl sites for hydroxylation is 1. The van der Waals surface area contributed by atoms with Gasteiger partial charge in [0.05, 0.1) is 7.11 Å². The molecule has 0 aliphatic carbocycles. The summed E-state index contributed by atoms with van der Waals surface area (Å²) in [6, 6.07) is 19.1. The second kappa shape index (κ2) is 10.1. The molecule has 2 N–H and O–H groups in total. The van der Waals surface area contributed by atoms with E-state index >= 15 is 0 Å². The van der Waals surface area contributed by atoms with Crippen LogP contribution in [0.1, 0.15) is 21.6 Å². The topological polar surface area (TPSA) is 72.5 Å². The van der Waals surface area contributed by atoms with Crippen LogP contribution in [0.5, 0.6) is 11.5 Å². The number of carbonyl (C=O) groups excluding carboxylic acids is 1. The number of pyridine rings is 1.